The van der Waals surface area contributed by atoms with Gasteiger partial charge in [-0.05, 0) is 66.9 Å². The molecule has 5 aromatic carbocycles. The lowest BCUT2D eigenvalue weighted by Crippen LogP contribution is -1.97. The Kier molecular flexibility index (Phi) is 4.25. The zero-order valence-corrected chi connectivity index (χ0v) is 17.7. The van der Waals surface area contributed by atoms with E-state index in [0.29, 0.717) is 5.92 Å². The van der Waals surface area contributed by atoms with Crippen molar-refractivity contribution in [3.8, 4) is 11.1 Å². The van der Waals surface area contributed by atoms with Crippen molar-refractivity contribution in [2.45, 2.75) is 13.3 Å². The zero-order chi connectivity index (χ0) is 20.8. The highest BCUT2D eigenvalue weighted by Crippen LogP contribution is 2.44. The Balaban J connectivity index is 1.79. The number of hydrogen-bond donors (Lipinski definition) is 0. The predicted octanol–water partition coefficient (Wildman–Crippen LogP) is 8.79. The molecule has 0 aliphatic heterocycles. The molecular weight excluding hydrogens is 372 g/mol. The summed E-state index contributed by atoms with van der Waals surface area (Å²) in [5.74, 6) is 0.608. The minimum Gasteiger partial charge on any atom is -0.0808 e. The second-order valence-electron chi connectivity index (χ2n) is 8.60. The van der Waals surface area contributed by atoms with Crippen molar-refractivity contribution in [1.82, 2.24) is 0 Å². The largest absolute Gasteiger partial charge is 0.0808 e. The van der Waals surface area contributed by atoms with Gasteiger partial charge in [-0.1, -0.05) is 116 Å². The van der Waals surface area contributed by atoms with E-state index in [9.17, 15) is 0 Å². The molecule has 1 unspecified atom stereocenters. The first kappa shape index (κ1) is 18.2. The molecule has 0 nitrogen and oxygen atoms in total. The van der Waals surface area contributed by atoms with Crippen LogP contribution in [0.2, 0.25) is 0 Å². The molecule has 1 aliphatic carbocycles. The maximum absolute atomic E-state index is 2.41. The summed E-state index contributed by atoms with van der Waals surface area (Å²) >= 11 is 0. The number of fused-ring (bicyclic) bond motifs is 3. The molecule has 0 aromatic heterocycles. The fourth-order valence-corrected chi connectivity index (χ4v) is 5.09. The second-order valence-corrected chi connectivity index (χ2v) is 8.60. The summed E-state index contributed by atoms with van der Waals surface area (Å²) in [6, 6.07) is 33.2. The molecule has 0 fully saturated rings. The molecule has 0 bridgehead atoms. The zero-order valence-electron chi connectivity index (χ0n) is 17.7. The molecule has 31 heavy (non-hydrogen) atoms. The highest BCUT2D eigenvalue weighted by molar-refractivity contribution is 6.21. The van der Waals surface area contributed by atoms with Crippen LogP contribution in [0.15, 0.2) is 109 Å². The third kappa shape index (κ3) is 2.91. The van der Waals surface area contributed by atoms with E-state index in [1.54, 1.807) is 0 Å². The summed E-state index contributed by atoms with van der Waals surface area (Å²) in [5, 5.41) is 7.88. The van der Waals surface area contributed by atoms with Gasteiger partial charge in [0.1, 0.15) is 0 Å². The lowest BCUT2D eigenvalue weighted by molar-refractivity contribution is 0.739. The van der Waals surface area contributed by atoms with Gasteiger partial charge in [-0.25, -0.2) is 0 Å². The summed E-state index contributed by atoms with van der Waals surface area (Å²) in [6.45, 7) is 2.28. The summed E-state index contributed by atoms with van der Waals surface area (Å²) in [7, 11) is 0. The smallest absolute Gasteiger partial charge is 0.00201 e. The normalized spacial score (nSPS) is 16.2. The van der Waals surface area contributed by atoms with Crippen LogP contribution in [-0.2, 0) is 0 Å². The van der Waals surface area contributed by atoms with Crippen LogP contribution in [0.4, 0.5) is 0 Å². The standard InChI is InChI=1S/C31H24/c1-21-17-19-23(20-18-21)30-26-12-4-6-14-28(26)31(29-15-7-5-13-27(29)30)25-16-8-10-22-9-2-3-11-24(22)25/h2-17,19-21H,18H2,1H3. The molecule has 1 atom stereocenters. The Morgan fingerprint density at radius 1 is 0.581 bits per heavy atom. The quantitative estimate of drug-likeness (QED) is 0.262. The van der Waals surface area contributed by atoms with E-state index in [4.69, 9.17) is 0 Å². The first-order chi connectivity index (χ1) is 15.3. The molecule has 1 aliphatic rings. The Labute approximate surface area is 183 Å². The lowest BCUT2D eigenvalue weighted by Gasteiger charge is -2.20. The number of allylic oxidation sites excluding steroid dienone is 4. The van der Waals surface area contributed by atoms with Gasteiger partial charge in [-0.3, -0.25) is 0 Å². The van der Waals surface area contributed by atoms with Crippen LogP contribution < -0.4 is 0 Å². The number of rotatable bonds is 2. The van der Waals surface area contributed by atoms with Gasteiger partial charge in [0.25, 0.3) is 0 Å². The van der Waals surface area contributed by atoms with E-state index >= 15 is 0 Å². The highest BCUT2D eigenvalue weighted by Gasteiger charge is 2.18. The van der Waals surface area contributed by atoms with E-state index < -0.39 is 0 Å². The minimum absolute atomic E-state index is 0.608. The van der Waals surface area contributed by atoms with Gasteiger partial charge in [0, 0.05) is 0 Å². The average molecular weight is 397 g/mol. The van der Waals surface area contributed by atoms with E-state index in [-0.39, 0.29) is 0 Å². The maximum atomic E-state index is 2.41. The molecule has 0 heterocycles. The van der Waals surface area contributed by atoms with Crippen molar-refractivity contribution in [3.05, 3.63) is 115 Å². The monoisotopic (exact) mass is 396 g/mol. The first-order valence-electron chi connectivity index (χ1n) is 11.1. The third-order valence-electron chi connectivity index (χ3n) is 6.59. The molecule has 0 radical (unpaired) electrons. The van der Waals surface area contributed by atoms with Gasteiger partial charge in [0.05, 0.1) is 0 Å². The molecular formula is C31H24. The van der Waals surface area contributed by atoms with E-state index in [1.165, 1.54) is 54.6 Å². The lowest BCUT2D eigenvalue weighted by atomic mass is 9.83. The number of hydrogen-bond acceptors (Lipinski definition) is 0. The minimum atomic E-state index is 0.608. The van der Waals surface area contributed by atoms with Crippen molar-refractivity contribution in [1.29, 1.82) is 0 Å². The van der Waals surface area contributed by atoms with E-state index in [1.807, 2.05) is 0 Å². The van der Waals surface area contributed by atoms with Gasteiger partial charge < -0.3 is 0 Å². The fourth-order valence-electron chi connectivity index (χ4n) is 5.09. The fraction of sp³-hybridized carbons (Fsp3) is 0.0968. The predicted molar refractivity (Wildman–Crippen MR) is 135 cm³/mol. The van der Waals surface area contributed by atoms with Gasteiger partial charge >= 0.3 is 0 Å². The Bertz CT molecular complexity index is 1450. The van der Waals surface area contributed by atoms with Crippen LogP contribution in [0.3, 0.4) is 0 Å². The van der Waals surface area contributed by atoms with Crippen molar-refractivity contribution >= 4 is 37.9 Å². The second kappa shape index (κ2) is 7.25. The molecule has 0 amide bonds. The summed E-state index contributed by atoms with van der Waals surface area (Å²) in [6.07, 6.45) is 8.17. The summed E-state index contributed by atoms with van der Waals surface area (Å²) < 4.78 is 0. The van der Waals surface area contributed by atoms with Gasteiger partial charge in [0.2, 0.25) is 0 Å². The van der Waals surface area contributed by atoms with E-state index in [2.05, 4.69) is 116 Å². The molecule has 5 aromatic rings. The van der Waals surface area contributed by atoms with Gasteiger partial charge in [-0.2, -0.15) is 0 Å². The van der Waals surface area contributed by atoms with Gasteiger partial charge in [0.15, 0.2) is 0 Å². The van der Waals surface area contributed by atoms with Crippen LogP contribution in [0.5, 0.6) is 0 Å². The van der Waals surface area contributed by atoms with Crippen molar-refractivity contribution in [2.75, 3.05) is 0 Å². The van der Waals surface area contributed by atoms with Crippen LogP contribution in [0.25, 0.3) is 49.0 Å². The third-order valence-corrected chi connectivity index (χ3v) is 6.59. The van der Waals surface area contributed by atoms with Crippen molar-refractivity contribution in [2.24, 2.45) is 5.92 Å². The van der Waals surface area contributed by atoms with Crippen molar-refractivity contribution in [3.63, 3.8) is 0 Å². The van der Waals surface area contributed by atoms with Gasteiger partial charge in [-0.15, -0.1) is 0 Å². The molecule has 0 heteroatoms. The Hall–Kier alpha value is -3.64. The number of benzene rings is 5. The molecule has 0 saturated carbocycles. The van der Waals surface area contributed by atoms with Crippen LogP contribution in [0.1, 0.15) is 18.9 Å². The topological polar surface area (TPSA) is 0 Å². The summed E-state index contributed by atoms with van der Waals surface area (Å²) in [4.78, 5) is 0. The van der Waals surface area contributed by atoms with Crippen LogP contribution in [-0.4, -0.2) is 0 Å². The molecule has 6 rings (SSSR count). The molecule has 148 valence electrons. The SMILES string of the molecule is CC1C=CC(c2c3ccccc3c(-c3cccc4ccccc34)c3ccccc23)=CC1. The Morgan fingerprint density at radius 2 is 1.13 bits per heavy atom. The summed E-state index contributed by atoms with van der Waals surface area (Å²) in [5.41, 5.74) is 5.34. The molecule has 0 spiro atoms. The Morgan fingerprint density at radius 3 is 1.74 bits per heavy atom. The highest BCUT2D eigenvalue weighted by atomic mass is 14.2. The molecule has 0 N–H and O–H groups in total. The van der Waals surface area contributed by atoms with E-state index in [0.717, 1.165) is 6.42 Å². The van der Waals surface area contributed by atoms with Crippen LogP contribution in [0, 0.1) is 5.92 Å². The maximum Gasteiger partial charge on any atom is -0.00201 e. The average Bonchev–Trinajstić information content (AvgIpc) is 2.83. The molecule has 0 saturated heterocycles. The van der Waals surface area contributed by atoms with Crippen LogP contribution >= 0.6 is 0 Å². The first-order valence-corrected chi connectivity index (χ1v) is 11.1. The van der Waals surface area contributed by atoms with Crippen molar-refractivity contribution < 1.29 is 0 Å².